The average Bonchev–Trinajstić information content (AvgIpc) is 3.06. The predicted octanol–water partition coefficient (Wildman–Crippen LogP) is 1.66. The molecule has 6 nitrogen and oxygen atoms in total. The summed E-state index contributed by atoms with van der Waals surface area (Å²) >= 11 is 0. The second-order valence-electron chi connectivity index (χ2n) is 5.82. The van der Waals surface area contributed by atoms with Crippen molar-refractivity contribution in [1.82, 2.24) is 10.2 Å². The Hall–Kier alpha value is -1.95. The summed E-state index contributed by atoms with van der Waals surface area (Å²) in [4.78, 5) is 25.0. The fourth-order valence-corrected chi connectivity index (χ4v) is 3.70. The van der Waals surface area contributed by atoms with Crippen LogP contribution in [0.25, 0.3) is 0 Å². The fraction of sp³-hybridized carbons (Fsp3) is 0.533. The molecule has 21 heavy (non-hydrogen) atoms. The van der Waals surface area contributed by atoms with E-state index < -0.39 is 4.92 Å². The van der Waals surface area contributed by atoms with Gasteiger partial charge in [-0.3, -0.25) is 14.9 Å². The topological polar surface area (TPSA) is 75.5 Å². The molecular formula is C15H19N3O3. The Morgan fingerprint density at radius 2 is 2.29 bits per heavy atom. The highest BCUT2D eigenvalue weighted by molar-refractivity contribution is 5.95. The van der Waals surface area contributed by atoms with Gasteiger partial charge < -0.3 is 10.2 Å². The van der Waals surface area contributed by atoms with Gasteiger partial charge in [0.25, 0.3) is 11.6 Å². The highest BCUT2D eigenvalue weighted by Gasteiger charge is 2.45. The van der Waals surface area contributed by atoms with Crippen molar-refractivity contribution >= 4 is 11.6 Å². The number of hydrogen-bond acceptors (Lipinski definition) is 4. The Morgan fingerprint density at radius 3 is 3.00 bits per heavy atom. The summed E-state index contributed by atoms with van der Waals surface area (Å²) < 4.78 is 0. The van der Waals surface area contributed by atoms with E-state index in [2.05, 4.69) is 12.2 Å². The summed E-state index contributed by atoms with van der Waals surface area (Å²) in [6.07, 6.45) is 0.920. The van der Waals surface area contributed by atoms with E-state index in [4.69, 9.17) is 0 Å². The predicted molar refractivity (Wildman–Crippen MR) is 78.1 cm³/mol. The maximum absolute atomic E-state index is 12.7. The maximum Gasteiger partial charge on any atom is 0.270 e. The molecule has 1 aromatic carbocycles. The zero-order valence-electron chi connectivity index (χ0n) is 12.0. The SMILES string of the molecule is CCC1C2CNCC2CN1C(=O)c1cccc([N+](=O)[O-])c1. The third kappa shape index (κ3) is 2.40. The van der Waals surface area contributed by atoms with Crippen LogP contribution in [0, 0.1) is 22.0 Å². The van der Waals surface area contributed by atoms with Gasteiger partial charge in [0, 0.05) is 43.4 Å². The van der Waals surface area contributed by atoms with Crippen molar-refractivity contribution in [3.05, 3.63) is 39.9 Å². The highest BCUT2D eigenvalue weighted by Crippen LogP contribution is 2.35. The number of non-ortho nitro benzene ring substituents is 1. The zero-order chi connectivity index (χ0) is 15.0. The monoisotopic (exact) mass is 289 g/mol. The molecule has 2 fully saturated rings. The number of carbonyl (C=O) groups is 1. The van der Waals surface area contributed by atoms with Crippen LogP contribution in [0.2, 0.25) is 0 Å². The van der Waals surface area contributed by atoms with E-state index in [1.165, 1.54) is 12.1 Å². The standard InChI is InChI=1S/C15H19N3O3/c1-2-14-13-8-16-7-11(13)9-17(14)15(19)10-4-3-5-12(6-10)18(20)21/h3-6,11,13-14,16H,2,7-9H2,1H3. The van der Waals surface area contributed by atoms with E-state index >= 15 is 0 Å². The number of benzene rings is 1. The van der Waals surface area contributed by atoms with Gasteiger partial charge >= 0.3 is 0 Å². The number of likely N-dealkylation sites (tertiary alicyclic amines) is 1. The van der Waals surface area contributed by atoms with Gasteiger partial charge in [-0.1, -0.05) is 13.0 Å². The lowest BCUT2D eigenvalue weighted by Gasteiger charge is -2.27. The fourth-order valence-electron chi connectivity index (χ4n) is 3.70. The summed E-state index contributed by atoms with van der Waals surface area (Å²) in [6.45, 7) is 4.76. The highest BCUT2D eigenvalue weighted by atomic mass is 16.6. The largest absolute Gasteiger partial charge is 0.335 e. The lowest BCUT2D eigenvalue weighted by Crippen LogP contribution is -2.39. The minimum absolute atomic E-state index is 0.0324. The summed E-state index contributed by atoms with van der Waals surface area (Å²) in [7, 11) is 0. The van der Waals surface area contributed by atoms with Gasteiger partial charge in [0.1, 0.15) is 0 Å². The molecule has 0 spiro atoms. The van der Waals surface area contributed by atoms with E-state index in [-0.39, 0.29) is 17.6 Å². The van der Waals surface area contributed by atoms with Crippen LogP contribution in [-0.2, 0) is 0 Å². The van der Waals surface area contributed by atoms with E-state index in [0.29, 0.717) is 17.4 Å². The van der Waals surface area contributed by atoms with Crippen LogP contribution < -0.4 is 5.32 Å². The van der Waals surface area contributed by atoms with E-state index in [1.807, 2.05) is 4.90 Å². The van der Waals surface area contributed by atoms with Gasteiger partial charge in [-0.15, -0.1) is 0 Å². The van der Waals surface area contributed by atoms with Crippen molar-refractivity contribution in [2.75, 3.05) is 19.6 Å². The Kier molecular flexibility index (Phi) is 3.63. The molecule has 2 heterocycles. The van der Waals surface area contributed by atoms with Crippen LogP contribution in [0.15, 0.2) is 24.3 Å². The van der Waals surface area contributed by atoms with Crippen LogP contribution in [0.1, 0.15) is 23.7 Å². The molecule has 2 aliphatic rings. The molecule has 6 heteroatoms. The normalized spacial score (nSPS) is 27.7. The molecule has 0 bridgehead atoms. The summed E-state index contributed by atoms with van der Waals surface area (Å²) in [6, 6.07) is 6.26. The molecule has 3 unspecified atom stereocenters. The second kappa shape index (κ2) is 5.44. The number of nitro groups is 1. The number of amides is 1. The van der Waals surface area contributed by atoms with Gasteiger partial charge in [-0.2, -0.15) is 0 Å². The third-order valence-corrected chi connectivity index (χ3v) is 4.70. The second-order valence-corrected chi connectivity index (χ2v) is 5.82. The van der Waals surface area contributed by atoms with Crippen molar-refractivity contribution in [3.63, 3.8) is 0 Å². The lowest BCUT2D eigenvalue weighted by molar-refractivity contribution is -0.384. The molecule has 2 aliphatic heterocycles. The minimum Gasteiger partial charge on any atom is -0.335 e. The number of rotatable bonds is 3. The Labute approximate surface area is 123 Å². The van der Waals surface area contributed by atoms with Crippen LogP contribution in [0.3, 0.4) is 0 Å². The van der Waals surface area contributed by atoms with Crippen LogP contribution in [-0.4, -0.2) is 41.4 Å². The zero-order valence-corrected chi connectivity index (χ0v) is 12.0. The first-order chi connectivity index (χ1) is 10.1. The number of nitrogens with one attached hydrogen (secondary N) is 1. The summed E-state index contributed by atoms with van der Waals surface area (Å²) in [5, 5.41) is 14.2. The van der Waals surface area contributed by atoms with Crippen molar-refractivity contribution in [1.29, 1.82) is 0 Å². The van der Waals surface area contributed by atoms with Gasteiger partial charge in [0.15, 0.2) is 0 Å². The van der Waals surface area contributed by atoms with Gasteiger partial charge in [-0.25, -0.2) is 0 Å². The number of nitro benzene ring substituents is 1. The molecule has 1 amide bonds. The first-order valence-electron chi connectivity index (χ1n) is 7.38. The minimum atomic E-state index is -0.462. The van der Waals surface area contributed by atoms with Crippen molar-refractivity contribution < 1.29 is 9.72 Å². The number of hydrogen-bond donors (Lipinski definition) is 1. The molecular weight excluding hydrogens is 270 g/mol. The number of carbonyl (C=O) groups excluding carboxylic acids is 1. The van der Waals surface area contributed by atoms with Crippen LogP contribution in [0.4, 0.5) is 5.69 Å². The van der Waals surface area contributed by atoms with Crippen molar-refractivity contribution in [3.8, 4) is 0 Å². The molecule has 1 N–H and O–H groups in total. The summed E-state index contributed by atoms with van der Waals surface area (Å²) in [5.74, 6) is 0.940. The molecule has 0 aromatic heterocycles. The lowest BCUT2D eigenvalue weighted by atomic mass is 9.93. The molecule has 1 aromatic rings. The smallest absolute Gasteiger partial charge is 0.270 e. The van der Waals surface area contributed by atoms with Crippen LogP contribution >= 0.6 is 0 Å². The van der Waals surface area contributed by atoms with Crippen molar-refractivity contribution in [2.45, 2.75) is 19.4 Å². The van der Waals surface area contributed by atoms with Gasteiger partial charge in [0.05, 0.1) is 4.92 Å². The number of nitrogens with zero attached hydrogens (tertiary/aromatic N) is 2. The molecule has 2 saturated heterocycles. The Balaban J connectivity index is 1.85. The van der Waals surface area contributed by atoms with Gasteiger partial charge in [-0.05, 0) is 24.3 Å². The first kappa shape index (κ1) is 14.0. The van der Waals surface area contributed by atoms with Crippen LogP contribution in [0.5, 0.6) is 0 Å². The number of fused-ring (bicyclic) bond motifs is 1. The van der Waals surface area contributed by atoms with Crippen molar-refractivity contribution in [2.24, 2.45) is 11.8 Å². The molecule has 0 aliphatic carbocycles. The maximum atomic E-state index is 12.7. The molecule has 3 rings (SSSR count). The summed E-state index contributed by atoms with van der Waals surface area (Å²) in [5.41, 5.74) is 0.380. The third-order valence-electron chi connectivity index (χ3n) is 4.70. The molecule has 0 saturated carbocycles. The Morgan fingerprint density at radius 1 is 1.48 bits per heavy atom. The Bertz CT molecular complexity index is 575. The van der Waals surface area contributed by atoms with E-state index in [1.54, 1.807) is 12.1 Å². The average molecular weight is 289 g/mol. The van der Waals surface area contributed by atoms with E-state index in [0.717, 1.165) is 26.1 Å². The first-order valence-corrected chi connectivity index (χ1v) is 7.38. The van der Waals surface area contributed by atoms with E-state index in [9.17, 15) is 14.9 Å². The van der Waals surface area contributed by atoms with Gasteiger partial charge in [0.2, 0.25) is 0 Å². The molecule has 3 atom stereocenters. The molecule has 0 radical (unpaired) electrons. The molecule has 112 valence electrons. The quantitative estimate of drug-likeness (QED) is 0.678.